The summed E-state index contributed by atoms with van der Waals surface area (Å²) in [6.07, 6.45) is 0. The van der Waals surface area contributed by atoms with Crippen LogP contribution in [0.5, 0.6) is 0 Å². The van der Waals surface area contributed by atoms with Crippen molar-refractivity contribution >= 4 is 41.4 Å². The lowest BCUT2D eigenvalue weighted by Crippen LogP contribution is -2.60. The first-order valence-corrected chi connectivity index (χ1v) is 4.78. The van der Waals surface area contributed by atoms with Crippen molar-refractivity contribution in [1.29, 1.82) is 0 Å². The fourth-order valence-electron chi connectivity index (χ4n) is 1.33. The van der Waals surface area contributed by atoms with Crippen LogP contribution in [0, 0.1) is 0 Å². The molecule has 2 fully saturated rings. The SMILES string of the molecule is O=C1NC(=O)C(=NC2C(=O)NC(=O)NC2=O)C(=O)N1.[NH4+]. The number of aliphatic imine (C=N–C) groups is 1. The molecule has 0 aromatic rings. The maximum absolute atomic E-state index is 11.3. The predicted molar refractivity (Wildman–Crippen MR) is 60.6 cm³/mol. The van der Waals surface area contributed by atoms with Crippen molar-refractivity contribution in [2.24, 2.45) is 4.99 Å². The minimum atomic E-state index is -1.77. The van der Waals surface area contributed by atoms with Crippen LogP contribution in [0.1, 0.15) is 0 Å². The van der Waals surface area contributed by atoms with Crippen molar-refractivity contribution in [2.75, 3.05) is 0 Å². The molecule has 8 N–H and O–H groups in total. The van der Waals surface area contributed by atoms with Gasteiger partial charge in [0.25, 0.3) is 23.6 Å². The van der Waals surface area contributed by atoms with Crippen molar-refractivity contribution in [3.8, 4) is 0 Å². The van der Waals surface area contributed by atoms with E-state index in [1.807, 2.05) is 0 Å². The zero-order valence-corrected chi connectivity index (χ0v) is 9.97. The van der Waals surface area contributed by atoms with Crippen molar-refractivity contribution in [2.45, 2.75) is 6.04 Å². The summed E-state index contributed by atoms with van der Waals surface area (Å²) in [5.41, 5.74) is -0.816. The summed E-state index contributed by atoms with van der Waals surface area (Å²) in [6, 6.07) is -3.83. The second kappa shape index (κ2) is 5.23. The van der Waals surface area contributed by atoms with E-state index in [-0.39, 0.29) is 6.15 Å². The average Bonchev–Trinajstić information content (AvgIpc) is 2.25. The topological polar surface area (TPSA) is 199 Å². The number of carbonyl (C=O) groups excluding carboxylic acids is 6. The van der Waals surface area contributed by atoms with E-state index in [1.54, 1.807) is 21.3 Å². The number of imide groups is 4. The molecule has 2 heterocycles. The fraction of sp³-hybridized carbons (Fsp3) is 0.125. The highest BCUT2D eigenvalue weighted by molar-refractivity contribution is 6.69. The summed E-state index contributed by atoms with van der Waals surface area (Å²) in [6.45, 7) is 0. The molecule has 20 heavy (non-hydrogen) atoms. The molecular weight excluding hydrogens is 276 g/mol. The van der Waals surface area contributed by atoms with Crippen molar-refractivity contribution in [1.82, 2.24) is 27.4 Å². The van der Waals surface area contributed by atoms with Gasteiger partial charge in [-0.2, -0.15) is 0 Å². The van der Waals surface area contributed by atoms with E-state index < -0.39 is 47.4 Å². The van der Waals surface area contributed by atoms with Gasteiger partial charge in [0.05, 0.1) is 0 Å². The molecule has 0 aliphatic carbocycles. The van der Waals surface area contributed by atoms with Gasteiger partial charge in [-0.3, -0.25) is 45.4 Å². The molecule has 2 aliphatic heterocycles. The predicted octanol–water partition coefficient (Wildman–Crippen LogP) is -3.10. The van der Waals surface area contributed by atoms with Crippen molar-refractivity contribution in [3.05, 3.63) is 0 Å². The highest BCUT2D eigenvalue weighted by Crippen LogP contribution is 2.00. The van der Waals surface area contributed by atoms with Gasteiger partial charge in [0, 0.05) is 0 Å². The molecule has 2 saturated heterocycles. The first-order valence-electron chi connectivity index (χ1n) is 4.78. The quantitative estimate of drug-likeness (QED) is 0.316. The Morgan fingerprint density at radius 1 is 0.700 bits per heavy atom. The molecule has 8 amide bonds. The summed E-state index contributed by atoms with van der Waals surface area (Å²) >= 11 is 0. The third-order valence-corrected chi connectivity index (χ3v) is 2.11. The minimum absolute atomic E-state index is 0. The Labute approximate surface area is 109 Å². The number of hydrogen-bond donors (Lipinski definition) is 5. The van der Waals surface area contributed by atoms with Gasteiger partial charge >= 0.3 is 12.1 Å². The summed E-state index contributed by atoms with van der Waals surface area (Å²) in [5.74, 6) is -4.46. The highest BCUT2D eigenvalue weighted by atomic mass is 16.2. The maximum atomic E-state index is 11.3. The van der Waals surface area contributed by atoms with E-state index in [0.717, 1.165) is 0 Å². The Balaban J connectivity index is 0.00000200. The standard InChI is InChI=1S/C8H5N5O6.H3N/c14-3-1(4(15)11-7(18)10-3)9-2-5(16)12-8(19)13-6(2)17;/h1H,(H2,10,11,14,15,18)(H2,12,13,16,17,19);1H3/p+1. The molecule has 0 atom stereocenters. The van der Waals surface area contributed by atoms with Gasteiger partial charge in [0.2, 0.25) is 6.04 Å². The summed E-state index contributed by atoms with van der Waals surface area (Å²) in [4.78, 5) is 70.2. The lowest BCUT2D eigenvalue weighted by molar-refractivity contribution is -0.131. The van der Waals surface area contributed by atoms with Gasteiger partial charge in [0.15, 0.2) is 5.71 Å². The molecule has 0 spiro atoms. The number of barbiturate groups is 2. The first-order chi connectivity index (χ1) is 8.88. The van der Waals surface area contributed by atoms with Gasteiger partial charge in [-0.1, -0.05) is 0 Å². The van der Waals surface area contributed by atoms with Crippen LogP contribution in [0.2, 0.25) is 0 Å². The van der Waals surface area contributed by atoms with Crippen LogP contribution in [0.4, 0.5) is 9.59 Å². The van der Waals surface area contributed by atoms with Crippen LogP contribution in [0.15, 0.2) is 4.99 Å². The van der Waals surface area contributed by atoms with Crippen molar-refractivity contribution in [3.63, 3.8) is 0 Å². The normalized spacial score (nSPS) is 19.5. The van der Waals surface area contributed by atoms with Gasteiger partial charge < -0.3 is 6.15 Å². The number of nitrogens with one attached hydrogen (secondary N) is 4. The van der Waals surface area contributed by atoms with Crippen LogP contribution in [0.25, 0.3) is 0 Å². The number of urea groups is 2. The number of amides is 8. The van der Waals surface area contributed by atoms with Crippen LogP contribution in [-0.2, 0) is 19.2 Å². The Morgan fingerprint density at radius 3 is 1.55 bits per heavy atom. The molecule has 0 radical (unpaired) electrons. The van der Waals surface area contributed by atoms with E-state index in [4.69, 9.17) is 0 Å². The molecule has 106 valence electrons. The Bertz CT molecular complexity index is 538. The molecule has 0 unspecified atom stereocenters. The molecule has 0 bridgehead atoms. The summed E-state index contributed by atoms with van der Waals surface area (Å²) < 4.78 is 0. The van der Waals surface area contributed by atoms with Gasteiger partial charge in [-0.15, -0.1) is 0 Å². The van der Waals surface area contributed by atoms with E-state index >= 15 is 0 Å². The first kappa shape index (κ1) is 14.9. The lowest BCUT2D eigenvalue weighted by atomic mass is 10.2. The smallest absolute Gasteiger partial charge is 0.328 e. The zero-order valence-electron chi connectivity index (χ0n) is 9.97. The number of rotatable bonds is 1. The molecule has 0 saturated carbocycles. The van der Waals surface area contributed by atoms with Gasteiger partial charge in [-0.05, 0) is 0 Å². The third kappa shape index (κ3) is 2.64. The second-order valence-corrected chi connectivity index (χ2v) is 3.43. The number of nitrogens with zero attached hydrogens (tertiary/aromatic N) is 1. The van der Waals surface area contributed by atoms with Crippen LogP contribution >= 0.6 is 0 Å². The molecule has 2 aliphatic rings. The zero-order chi connectivity index (χ0) is 14.2. The van der Waals surface area contributed by atoms with E-state index in [9.17, 15) is 28.8 Å². The molecule has 0 aromatic carbocycles. The van der Waals surface area contributed by atoms with E-state index in [1.165, 1.54) is 0 Å². The third-order valence-electron chi connectivity index (χ3n) is 2.11. The largest absolute Gasteiger partial charge is 0.369 e. The number of carbonyl (C=O) groups is 6. The fourth-order valence-corrected chi connectivity index (χ4v) is 1.33. The Hall–Kier alpha value is -3.15. The summed E-state index contributed by atoms with van der Waals surface area (Å²) in [7, 11) is 0. The highest BCUT2D eigenvalue weighted by Gasteiger charge is 2.37. The molecule has 12 nitrogen and oxygen atoms in total. The van der Waals surface area contributed by atoms with Crippen LogP contribution in [-0.4, -0.2) is 47.4 Å². The lowest BCUT2D eigenvalue weighted by Gasteiger charge is -2.19. The van der Waals surface area contributed by atoms with Crippen LogP contribution < -0.4 is 27.4 Å². The van der Waals surface area contributed by atoms with E-state index in [0.29, 0.717) is 0 Å². The molecule has 12 heteroatoms. The van der Waals surface area contributed by atoms with Gasteiger partial charge in [0.1, 0.15) is 0 Å². The van der Waals surface area contributed by atoms with Crippen LogP contribution in [0.3, 0.4) is 0 Å². The Kier molecular flexibility index (Phi) is 3.90. The molecule has 0 aromatic heterocycles. The molecular formula is C8H9N6O6+. The van der Waals surface area contributed by atoms with Gasteiger partial charge in [-0.25, -0.2) is 9.59 Å². The molecule has 2 rings (SSSR count). The Morgan fingerprint density at radius 2 is 1.10 bits per heavy atom. The van der Waals surface area contributed by atoms with E-state index in [2.05, 4.69) is 4.99 Å². The summed E-state index contributed by atoms with van der Waals surface area (Å²) in [5, 5.41) is 6.91. The van der Waals surface area contributed by atoms with Crippen molar-refractivity contribution < 1.29 is 28.8 Å². The number of quaternary nitrogens is 1. The maximum Gasteiger partial charge on any atom is 0.328 e. The number of hydrogen-bond acceptors (Lipinski definition) is 7. The minimum Gasteiger partial charge on any atom is -0.369 e. The second-order valence-electron chi connectivity index (χ2n) is 3.43. The average molecular weight is 285 g/mol. The monoisotopic (exact) mass is 285 g/mol.